The van der Waals surface area contributed by atoms with Crippen molar-refractivity contribution in [1.82, 2.24) is 20.4 Å². The van der Waals surface area contributed by atoms with Gasteiger partial charge in [0.15, 0.2) is 0 Å². The van der Waals surface area contributed by atoms with Gasteiger partial charge in [-0.15, -0.1) is 0 Å². The first-order valence-electron chi connectivity index (χ1n) is 7.29. The van der Waals surface area contributed by atoms with Crippen LogP contribution in [0.3, 0.4) is 0 Å². The summed E-state index contributed by atoms with van der Waals surface area (Å²) in [7, 11) is 0. The fourth-order valence-electron chi connectivity index (χ4n) is 2.80. The number of nitrogens with one attached hydrogen (secondary N) is 1. The fraction of sp³-hybridized carbons (Fsp3) is 0.312. The van der Waals surface area contributed by atoms with Crippen molar-refractivity contribution < 1.29 is 4.52 Å². The Morgan fingerprint density at radius 2 is 2.24 bits per heavy atom. The maximum atomic E-state index is 5.45. The number of fused-ring (bicyclic) bond motifs is 1. The van der Waals surface area contributed by atoms with Crippen LogP contribution >= 0.6 is 0 Å². The Balaban J connectivity index is 1.67. The second kappa shape index (κ2) is 5.26. The molecule has 3 aromatic rings. The van der Waals surface area contributed by atoms with Crippen LogP contribution in [0.25, 0.3) is 22.3 Å². The van der Waals surface area contributed by atoms with Gasteiger partial charge in [-0.1, -0.05) is 11.2 Å². The molecular formula is C16H16N4O. The first-order chi connectivity index (χ1) is 10.4. The van der Waals surface area contributed by atoms with Gasteiger partial charge in [-0.25, -0.2) is 0 Å². The molecule has 0 bridgehead atoms. The summed E-state index contributed by atoms with van der Waals surface area (Å²) < 4.78 is 5.45. The maximum absolute atomic E-state index is 5.45. The minimum absolute atomic E-state index is 0.335. The van der Waals surface area contributed by atoms with Crippen LogP contribution in [0.5, 0.6) is 0 Å². The zero-order chi connectivity index (χ0) is 14.1. The SMILES string of the molecule is c1cnc2ccc(-c3noc([C@H]4CCCNC4)n3)cc2c1. The summed E-state index contributed by atoms with van der Waals surface area (Å²) in [6, 6.07) is 10.0. The standard InChI is InChI=1S/C16H16N4O/c1-4-13(10-17-7-1)16-19-15(20-21-16)12-5-6-14-11(9-12)3-2-8-18-14/h2-3,5-6,8-9,13,17H,1,4,7,10H2/t13-/m0/s1. The summed E-state index contributed by atoms with van der Waals surface area (Å²) in [5, 5.41) is 8.59. The molecule has 1 fully saturated rings. The zero-order valence-corrected chi connectivity index (χ0v) is 11.6. The predicted octanol–water partition coefficient (Wildman–Crippen LogP) is 2.75. The smallest absolute Gasteiger partial charge is 0.231 e. The highest BCUT2D eigenvalue weighted by molar-refractivity contribution is 5.82. The van der Waals surface area contributed by atoms with Crippen molar-refractivity contribution in [3.05, 3.63) is 42.4 Å². The van der Waals surface area contributed by atoms with Gasteiger partial charge >= 0.3 is 0 Å². The van der Waals surface area contributed by atoms with Crippen LogP contribution in [0.4, 0.5) is 0 Å². The Morgan fingerprint density at radius 1 is 1.24 bits per heavy atom. The second-order valence-corrected chi connectivity index (χ2v) is 5.41. The molecule has 21 heavy (non-hydrogen) atoms. The molecule has 1 aliphatic heterocycles. The number of hydrogen-bond donors (Lipinski definition) is 1. The lowest BCUT2D eigenvalue weighted by Gasteiger charge is -2.18. The van der Waals surface area contributed by atoms with Crippen LogP contribution in [0, 0.1) is 0 Å². The molecule has 1 N–H and O–H groups in total. The monoisotopic (exact) mass is 280 g/mol. The molecule has 1 aliphatic rings. The molecule has 0 aliphatic carbocycles. The molecule has 2 aromatic heterocycles. The second-order valence-electron chi connectivity index (χ2n) is 5.41. The predicted molar refractivity (Wildman–Crippen MR) is 79.9 cm³/mol. The number of hydrogen-bond acceptors (Lipinski definition) is 5. The third kappa shape index (κ3) is 2.40. The van der Waals surface area contributed by atoms with Crippen molar-refractivity contribution in [2.45, 2.75) is 18.8 Å². The average molecular weight is 280 g/mol. The summed E-state index contributed by atoms with van der Waals surface area (Å²) in [5.41, 5.74) is 1.94. The van der Waals surface area contributed by atoms with E-state index in [0.29, 0.717) is 11.7 Å². The Bertz CT molecular complexity index is 762. The first kappa shape index (κ1) is 12.5. The molecular weight excluding hydrogens is 264 g/mol. The van der Waals surface area contributed by atoms with Gasteiger partial charge in [0.2, 0.25) is 11.7 Å². The lowest BCUT2D eigenvalue weighted by Crippen LogP contribution is -2.28. The maximum Gasteiger partial charge on any atom is 0.231 e. The molecule has 0 unspecified atom stereocenters. The van der Waals surface area contributed by atoms with Gasteiger partial charge in [-0.3, -0.25) is 4.98 Å². The molecule has 1 saturated heterocycles. The van der Waals surface area contributed by atoms with Crippen LogP contribution in [0.2, 0.25) is 0 Å². The van der Waals surface area contributed by atoms with Gasteiger partial charge in [0.1, 0.15) is 0 Å². The fourth-order valence-corrected chi connectivity index (χ4v) is 2.80. The molecule has 1 aromatic carbocycles. The molecule has 1 atom stereocenters. The Kier molecular flexibility index (Phi) is 3.12. The van der Waals surface area contributed by atoms with E-state index >= 15 is 0 Å². The minimum Gasteiger partial charge on any atom is -0.339 e. The van der Waals surface area contributed by atoms with Crippen LogP contribution < -0.4 is 5.32 Å². The molecule has 0 radical (unpaired) electrons. The number of aromatic nitrogens is 3. The van der Waals surface area contributed by atoms with Gasteiger partial charge in [0.05, 0.1) is 11.4 Å². The molecule has 4 rings (SSSR count). The number of pyridine rings is 1. The van der Waals surface area contributed by atoms with Crippen LogP contribution in [0.1, 0.15) is 24.7 Å². The number of rotatable bonds is 2. The summed E-state index contributed by atoms with van der Waals surface area (Å²) >= 11 is 0. The van der Waals surface area contributed by atoms with Crippen LogP contribution in [0.15, 0.2) is 41.1 Å². The van der Waals surface area contributed by atoms with E-state index in [-0.39, 0.29) is 0 Å². The molecule has 106 valence electrons. The van der Waals surface area contributed by atoms with Crippen molar-refractivity contribution in [1.29, 1.82) is 0 Å². The van der Waals surface area contributed by atoms with E-state index in [0.717, 1.165) is 48.3 Å². The van der Waals surface area contributed by atoms with Crippen molar-refractivity contribution in [3.8, 4) is 11.4 Å². The van der Waals surface area contributed by atoms with Crippen molar-refractivity contribution in [2.75, 3.05) is 13.1 Å². The lowest BCUT2D eigenvalue weighted by atomic mass is 10.00. The van der Waals surface area contributed by atoms with E-state index in [2.05, 4.69) is 26.5 Å². The van der Waals surface area contributed by atoms with E-state index < -0.39 is 0 Å². The summed E-state index contributed by atoms with van der Waals surface area (Å²) in [6.07, 6.45) is 4.06. The average Bonchev–Trinajstić information content (AvgIpc) is 3.05. The van der Waals surface area contributed by atoms with Gasteiger partial charge < -0.3 is 9.84 Å². The van der Waals surface area contributed by atoms with Crippen molar-refractivity contribution in [3.63, 3.8) is 0 Å². The van der Waals surface area contributed by atoms with Crippen LogP contribution in [-0.4, -0.2) is 28.2 Å². The molecule has 5 heteroatoms. The largest absolute Gasteiger partial charge is 0.339 e. The number of benzene rings is 1. The molecule has 0 saturated carbocycles. The third-order valence-electron chi connectivity index (χ3n) is 3.95. The van der Waals surface area contributed by atoms with Gasteiger partial charge in [0, 0.05) is 23.7 Å². The van der Waals surface area contributed by atoms with Gasteiger partial charge in [-0.2, -0.15) is 4.98 Å². The molecule has 3 heterocycles. The molecule has 5 nitrogen and oxygen atoms in total. The van der Waals surface area contributed by atoms with Crippen molar-refractivity contribution in [2.24, 2.45) is 0 Å². The summed E-state index contributed by atoms with van der Waals surface area (Å²) in [4.78, 5) is 8.89. The number of nitrogens with zero attached hydrogens (tertiary/aromatic N) is 3. The molecule has 0 amide bonds. The normalized spacial score (nSPS) is 19.0. The zero-order valence-electron chi connectivity index (χ0n) is 11.6. The highest BCUT2D eigenvalue weighted by atomic mass is 16.5. The van der Waals surface area contributed by atoms with E-state index in [1.807, 2.05) is 24.3 Å². The quantitative estimate of drug-likeness (QED) is 0.782. The Hall–Kier alpha value is -2.27. The number of piperidine rings is 1. The third-order valence-corrected chi connectivity index (χ3v) is 3.95. The van der Waals surface area contributed by atoms with E-state index in [9.17, 15) is 0 Å². The summed E-state index contributed by atoms with van der Waals surface area (Å²) in [5.74, 6) is 1.73. The molecule has 0 spiro atoms. The van der Waals surface area contributed by atoms with Crippen molar-refractivity contribution >= 4 is 10.9 Å². The van der Waals surface area contributed by atoms with Gasteiger partial charge in [-0.05, 0) is 43.7 Å². The topological polar surface area (TPSA) is 63.8 Å². The first-order valence-corrected chi connectivity index (χ1v) is 7.29. The highest BCUT2D eigenvalue weighted by Gasteiger charge is 2.21. The van der Waals surface area contributed by atoms with Crippen LogP contribution in [-0.2, 0) is 0 Å². The Morgan fingerprint density at radius 3 is 3.14 bits per heavy atom. The van der Waals surface area contributed by atoms with Gasteiger partial charge in [0.25, 0.3) is 0 Å². The van der Waals surface area contributed by atoms with E-state index in [1.54, 1.807) is 6.20 Å². The Labute approximate surface area is 122 Å². The van der Waals surface area contributed by atoms with E-state index in [1.165, 1.54) is 0 Å². The summed E-state index contributed by atoms with van der Waals surface area (Å²) in [6.45, 7) is 2.00. The lowest BCUT2D eigenvalue weighted by molar-refractivity contribution is 0.322. The highest BCUT2D eigenvalue weighted by Crippen LogP contribution is 2.25. The van der Waals surface area contributed by atoms with E-state index in [4.69, 9.17) is 4.52 Å². The minimum atomic E-state index is 0.335.